The van der Waals surface area contributed by atoms with E-state index in [1.165, 1.54) is 31.2 Å². The lowest BCUT2D eigenvalue weighted by Gasteiger charge is -2.52. The van der Waals surface area contributed by atoms with Gasteiger partial charge < -0.3 is 29.9 Å². The van der Waals surface area contributed by atoms with Crippen molar-refractivity contribution in [1.29, 1.82) is 0 Å². The lowest BCUT2D eigenvalue weighted by Crippen LogP contribution is -2.74. The fraction of sp³-hybridized carbons (Fsp3) is 0.450. The van der Waals surface area contributed by atoms with E-state index in [-0.39, 0.29) is 18.4 Å². The van der Waals surface area contributed by atoms with Crippen molar-refractivity contribution in [2.75, 3.05) is 0 Å². The second-order valence-electron chi connectivity index (χ2n) is 8.17. The van der Waals surface area contributed by atoms with E-state index in [0.29, 0.717) is 0 Å². The van der Waals surface area contributed by atoms with Crippen LogP contribution in [0.15, 0.2) is 30.4 Å². The molecule has 0 aromatic heterocycles. The van der Waals surface area contributed by atoms with Gasteiger partial charge in [-0.1, -0.05) is 18.2 Å². The number of esters is 2. The molecule has 2 aliphatic carbocycles. The molecule has 2 fully saturated rings. The molecule has 0 amide bonds. The van der Waals surface area contributed by atoms with E-state index in [1.807, 2.05) is 0 Å². The molecule has 0 radical (unpaired) electrons. The Hall–Kier alpha value is -2.75. The Bertz CT molecular complexity index is 1030. The summed E-state index contributed by atoms with van der Waals surface area (Å²) in [6.07, 6.45) is 0.762. The number of cyclic esters (lactones) is 1. The molecule has 152 valence electrons. The van der Waals surface area contributed by atoms with Crippen LogP contribution in [-0.4, -0.2) is 61.1 Å². The van der Waals surface area contributed by atoms with Crippen molar-refractivity contribution in [3.63, 3.8) is 0 Å². The lowest BCUT2D eigenvalue weighted by atomic mass is 9.61. The summed E-state index contributed by atoms with van der Waals surface area (Å²) in [5.74, 6) is -5.50. The molecule has 9 nitrogen and oxygen atoms in total. The maximum atomic E-state index is 13.6. The lowest BCUT2D eigenvalue weighted by molar-refractivity contribution is -0.240. The molecule has 1 aromatic carbocycles. The predicted molar refractivity (Wildman–Crippen MR) is 92.5 cm³/mol. The summed E-state index contributed by atoms with van der Waals surface area (Å²) in [5, 5.41) is 45.8. The molecule has 4 aliphatic rings. The molecule has 1 spiro atoms. The summed E-state index contributed by atoms with van der Waals surface area (Å²) in [6, 6.07) is 3.81. The number of phenols is 1. The Morgan fingerprint density at radius 3 is 2.55 bits per heavy atom. The monoisotopic (exact) mass is 402 g/mol. The molecule has 4 N–H and O–H groups in total. The quantitative estimate of drug-likeness (QED) is 0.419. The molecule has 1 saturated carbocycles. The number of phenolic OH excluding ortho intramolecular Hbond substituents is 1. The highest BCUT2D eigenvalue weighted by Crippen LogP contribution is 2.70. The van der Waals surface area contributed by atoms with E-state index in [1.54, 1.807) is 0 Å². The smallest absolute Gasteiger partial charge is 0.331 e. The Morgan fingerprint density at radius 2 is 1.86 bits per heavy atom. The molecule has 1 saturated heterocycles. The molecule has 6 unspecified atom stereocenters. The first kappa shape index (κ1) is 18.3. The van der Waals surface area contributed by atoms with Gasteiger partial charge in [0.25, 0.3) is 0 Å². The van der Waals surface area contributed by atoms with E-state index < -0.39 is 63.5 Å². The van der Waals surface area contributed by atoms with Crippen LogP contribution >= 0.6 is 0 Å². The van der Waals surface area contributed by atoms with Gasteiger partial charge in [-0.25, -0.2) is 4.79 Å². The number of rotatable bonds is 0. The van der Waals surface area contributed by atoms with E-state index in [0.717, 1.165) is 6.08 Å². The zero-order chi connectivity index (χ0) is 21.0. The number of carbonyl (C=O) groups is 3. The highest BCUT2D eigenvalue weighted by atomic mass is 16.6. The van der Waals surface area contributed by atoms with Crippen LogP contribution in [0.5, 0.6) is 5.75 Å². The summed E-state index contributed by atoms with van der Waals surface area (Å²) >= 11 is 0. The van der Waals surface area contributed by atoms with Gasteiger partial charge in [-0.3, -0.25) is 9.59 Å². The fourth-order valence-corrected chi connectivity index (χ4v) is 5.84. The van der Waals surface area contributed by atoms with E-state index >= 15 is 0 Å². The van der Waals surface area contributed by atoms with Gasteiger partial charge in [0, 0.05) is 24.5 Å². The normalized spacial score (nSPS) is 44.9. The van der Waals surface area contributed by atoms with Crippen LogP contribution in [-0.2, 0) is 24.7 Å². The van der Waals surface area contributed by atoms with Gasteiger partial charge in [0.05, 0.1) is 5.56 Å². The van der Waals surface area contributed by atoms with Crippen LogP contribution in [0.3, 0.4) is 0 Å². The number of benzene rings is 1. The largest absolute Gasteiger partial charge is 0.507 e. The number of aromatic hydroxyl groups is 1. The first-order chi connectivity index (χ1) is 13.5. The first-order valence-electron chi connectivity index (χ1n) is 9.19. The maximum absolute atomic E-state index is 13.6. The molecule has 5 rings (SSSR count). The third-order valence-corrected chi connectivity index (χ3v) is 6.82. The Morgan fingerprint density at radius 1 is 1.14 bits per heavy atom. The Balaban J connectivity index is 1.96. The van der Waals surface area contributed by atoms with Gasteiger partial charge >= 0.3 is 11.9 Å². The number of hydrogen-bond acceptors (Lipinski definition) is 9. The fourth-order valence-electron chi connectivity index (χ4n) is 5.84. The average molecular weight is 402 g/mol. The van der Waals surface area contributed by atoms with Crippen molar-refractivity contribution in [3.8, 4) is 5.75 Å². The third kappa shape index (κ3) is 1.64. The average Bonchev–Trinajstić information content (AvgIpc) is 2.72. The minimum absolute atomic E-state index is 0.220. The molecule has 29 heavy (non-hydrogen) atoms. The van der Waals surface area contributed by atoms with Gasteiger partial charge in [-0.15, -0.1) is 0 Å². The zero-order valence-corrected chi connectivity index (χ0v) is 15.3. The summed E-state index contributed by atoms with van der Waals surface area (Å²) in [4.78, 5) is 38.7. The van der Waals surface area contributed by atoms with Crippen LogP contribution in [0.1, 0.15) is 35.7 Å². The topological polar surface area (TPSA) is 151 Å². The van der Waals surface area contributed by atoms with Crippen LogP contribution in [0.4, 0.5) is 0 Å². The highest BCUT2D eigenvalue weighted by Gasteiger charge is 2.91. The number of ether oxygens (including phenoxy) is 2. The summed E-state index contributed by atoms with van der Waals surface area (Å²) in [6.45, 7) is 1.47. The summed E-state index contributed by atoms with van der Waals surface area (Å²) in [5.41, 5.74) is -11.0. The maximum Gasteiger partial charge on any atom is 0.331 e. The number of carbonyl (C=O) groups excluding carboxylic acids is 3. The summed E-state index contributed by atoms with van der Waals surface area (Å²) < 4.78 is 10.6. The van der Waals surface area contributed by atoms with E-state index in [4.69, 9.17) is 9.47 Å². The van der Waals surface area contributed by atoms with E-state index in [9.17, 15) is 34.8 Å². The Kier molecular flexibility index (Phi) is 3.18. The molecular weight excluding hydrogens is 384 g/mol. The molecule has 2 aliphatic heterocycles. The van der Waals surface area contributed by atoms with Crippen molar-refractivity contribution in [3.05, 3.63) is 41.5 Å². The van der Waals surface area contributed by atoms with Crippen LogP contribution < -0.4 is 0 Å². The summed E-state index contributed by atoms with van der Waals surface area (Å²) in [7, 11) is 0. The van der Waals surface area contributed by atoms with Gasteiger partial charge in [-0.2, -0.15) is 0 Å². The zero-order valence-electron chi connectivity index (χ0n) is 15.3. The van der Waals surface area contributed by atoms with Gasteiger partial charge in [0.2, 0.25) is 11.4 Å². The molecular formula is C20H18O9. The molecule has 2 bridgehead atoms. The minimum atomic E-state index is -2.90. The van der Waals surface area contributed by atoms with Gasteiger partial charge in [0.15, 0.2) is 11.2 Å². The van der Waals surface area contributed by atoms with Crippen LogP contribution in [0, 0.1) is 5.92 Å². The van der Waals surface area contributed by atoms with Crippen molar-refractivity contribution >= 4 is 17.7 Å². The first-order valence-corrected chi connectivity index (χ1v) is 9.19. The predicted octanol–water partition coefficient (Wildman–Crippen LogP) is -0.555. The number of aliphatic hydroxyl groups is 3. The van der Waals surface area contributed by atoms with Crippen molar-refractivity contribution in [2.45, 2.75) is 48.3 Å². The van der Waals surface area contributed by atoms with Crippen molar-refractivity contribution in [1.82, 2.24) is 0 Å². The minimum Gasteiger partial charge on any atom is -0.507 e. The number of hydrogen-bond donors (Lipinski definition) is 4. The number of ketones is 1. The second kappa shape index (κ2) is 5.05. The van der Waals surface area contributed by atoms with Gasteiger partial charge in [0.1, 0.15) is 23.4 Å². The van der Waals surface area contributed by atoms with Crippen molar-refractivity contribution in [2.24, 2.45) is 5.92 Å². The number of fused-ring (bicyclic) bond motifs is 5. The van der Waals surface area contributed by atoms with Crippen LogP contribution in [0.2, 0.25) is 0 Å². The second-order valence-corrected chi connectivity index (χ2v) is 8.17. The van der Waals surface area contributed by atoms with Crippen molar-refractivity contribution < 1.29 is 44.3 Å². The Labute approximate surface area is 164 Å². The van der Waals surface area contributed by atoms with Crippen LogP contribution in [0.25, 0.3) is 0 Å². The molecule has 6 atom stereocenters. The molecule has 9 heteroatoms. The molecule has 1 aromatic rings. The van der Waals surface area contributed by atoms with E-state index in [2.05, 4.69) is 0 Å². The third-order valence-electron chi connectivity index (χ3n) is 6.82. The standard InChI is InChI=1S/C20H18O9/c1-9-8-17(25)14(16(24)28-9)19(26)10-4-2-5-11(21)13(10)15(23)20(17,27)18(19)7-3-6-12(22)29-18/h2-6,9,14,21,25-27H,7-8H2,1H3. The molecule has 2 heterocycles. The SMILES string of the molecule is CC1CC2(O)C(C(=O)O1)C1(O)c3cccc(O)c3C(=O)C2(O)C12CC=CC(=O)O2. The highest BCUT2D eigenvalue weighted by molar-refractivity contribution is 6.12. The van der Waals surface area contributed by atoms with Gasteiger partial charge in [-0.05, 0) is 13.0 Å². The number of Topliss-reactive ketones (excluding diaryl/α,β-unsaturated/α-hetero) is 1.